The monoisotopic (exact) mass is 506 g/mol. The SMILES string of the molecule is CN=C(N/C=C(\C)c1ccnc(Nc2cccc(OCCCN(N)CCO)c2)n1)c1cncc(OC)c1. The van der Waals surface area contributed by atoms with Crippen LogP contribution in [0.2, 0.25) is 0 Å². The van der Waals surface area contributed by atoms with Crippen LogP contribution in [0.1, 0.15) is 24.6 Å². The number of allylic oxidation sites excluding steroid dienone is 1. The van der Waals surface area contributed by atoms with Crippen molar-refractivity contribution in [2.24, 2.45) is 10.8 Å². The second-order valence-corrected chi connectivity index (χ2v) is 8.04. The average molecular weight is 507 g/mol. The number of nitrogens with two attached hydrogens (primary N) is 1. The van der Waals surface area contributed by atoms with E-state index in [1.165, 1.54) is 0 Å². The molecule has 0 aliphatic rings. The number of aliphatic hydroxyl groups excluding tert-OH is 1. The average Bonchev–Trinajstić information content (AvgIpc) is 2.92. The van der Waals surface area contributed by atoms with Crippen LogP contribution in [0.25, 0.3) is 5.57 Å². The Bertz CT molecular complexity index is 1200. The van der Waals surface area contributed by atoms with E-state index in [0.29, 0.717) is 37.2 Å². The molecule has 0 aliphatic heterocycles. The van der Waals surface area contributed by atoms with Gasteiger partial charge in [0, 0.05) is 56.0 Å². The first-order valence-electron chi connectivity index (χ1n) is 11.9. The van der Waals surface area contributed by atoms with Crippen molar-refractivity contribution < 1.29 is 14.6 Å². The number of amidine groups is 1. The van der Waals surface area contributed by atoms with Crippen LogP contribution < -0.4 is 25.9 Å². The Kier molecular flexibility index (Phi) is 10.8. The Labute approximate surface area is 217 Å². The standard InChI is InChI=1S/C26H34N8O3/c1-19(16-31-25(28-2)20-14-23(36-3)18-29-17-20)24-8-9-30-26(33-24)32-21-6-4-7-22(15-21)37-13-5-10-34(27)11-12-35/h4,6-9,14-18,35H,5,10-13,27H2,1-3H3,(H,28,31)(H,30,32,33)/b19-16+. The molecule has 0 amide bonds. The number of ether oxygens (including phenoxy) is 2. The van der Waals surface area contributed by atoms with Crippen LogP contribution in [0.15, 0.2) is 66.2 Å². The predicted molar refractivity (Wildman–Crippen MR) is 145 cm³/mol. The van der Waals surface area contributed by atoms with Gasteiger partial charge in [0.25, 0.3) is 0 Å². The molecule has 0 fully saturated rings. The van der Waals surface area contributed by atoms with Gasteiger partial charge in [0.1, 0.15) is 17.3 Å². The molecule has 0 saturated carbocycles. The number of hydrogen-bond acceptors (Lipinski definition) is 10. The Morgan fingerprint density at radius 2 is 2.05 bits per heavy atom. The summed E-state index contributed by atoms with van der Waals surface area (Å²) >= 11 is 0. The topological polar surface area (TPSA) is 143 Å². The van der Waals surface area contributed by atoms with E-state index in [4.69, 9.17) is 20.4 Å². The van der Waals surface area contributed by atoms with Gasteiger partial charge >= 0.3 is 0 Å². The third-order valence-corrected chi connectivity index (χ3v) is 5.27. The molecule has 2 aromatic heterocycles. The van der Waals surface area contributed by atoms with E-state index in [1.807, 2.05) is 49.5 Å². The molecule has 2 heterocycles. The fraction of sp³-hybridized carbons (Fsp3) is 0.308. The van der Waals surface area contributed by atoms with Gasteiger partial charge in [0.05, 0.1) is 32.2 Å². The van der Waals surface area contributed by atoms with Gasteiger partial charge < -0.3 is 25.2 Å². The van der Waals surface area contributed by atoms with Crippen LogP contribution in [0.5, 0.6) is 11.5 Å². The molecule has 3 rings (SSSR count). The number of hydrazine groups is 1. The molecular formula is C26H34N8O3. The highest BCUT2D eigenvalue weighted by Gasteiger charge is 2.07. The molecule has 0 saturated heterocycles. The largest absolute Gasteiger partial charge is 0.495 e. The molecule has 11 nitrogen and oxygen atoms in total. The number of aliphatic imine (C=N–C) groups is 1. The zero-order valence-electron chi connectivity index (χ0n) is 21.4. The van der Waals surface area contributed by atoms with Gasteiger partial charge in [-0.15, -0.1) is 0 Å². The first-order chi connectivity index (χ1) is 18.0. The highest BCUT2D eigenvalue weighted by atomic mass is 16.5. The number of pyridine rings is 1. The summed E-state index contributed by atoms with van der Waals surface area (Å²) in [6.45, 7) is 3.59. The number of hydrogen-bond donors (Lipinski definition) is 4. The lowest BCUT2D eigenvalue weighted by Gasteiger charge is -2.15. The quantitative estimate of drug-likeness (QED) is 0.0898. The predicted octanol–water partition coefficient (Wildman–Crippen LogP) is 2.59. The van der Waals surface area contributed by atoms with Gasteiger partial charge in [-0.3, -0.25) is 15.8 Å². The third kappa shape index (κ3) is 8.83. The van der Waals surface area contributed by atoms with E-state index in [1.54, 1.807) is 37.8 Å². The van der Waals surface area contributed by atoms with E-state index in [-0.39, 0.29) is 6.61 Å². The number of aliphatic hydroxyl groups is 1. The molecule has 0 atom stereocenters. The lowest BCUT2D eigenvalue weighted by Crippen LogP contribution is -2.35. The molecule has 3 aromatic rings. The van der Waals surface area contributed by atoms with Crippen LogP contribution in [-0.4, -0.2) is 71.4 Å². The van der Waals surface area contributed by atoms with Crippen molar-refractivity contribution in [2.75, 3.05) is 45.8 Å². The number of rotatable bonds is 13. The van der Waals surface area contributed by atoms with Crippen molar-refractivity contribution >= 4 is 23.0 Å². The number of nitrogens with zero attached hydrogens (tertiary/aromatic N) is 5. The second kappa shape index (κ2) is 14.5. The summed E-state index contributed by atoms with van der Waals surface area (Å²) in [6.07, 6.45) is 7.65. The Hall–Kier alpha value is -4.06. The van der Waals surface area contributed by atoms with Crippen LogP contribution in [0, 0.1) is 0 Å². The number of aromatic nitrogens is 3. The van der Waals surface area contributed by atoms with Crippen molar-refractivity contribution in [3.8, 4) is 11.5 Å². The summed E-state index contributed by atoms with van der Waals surface area (Å²) in [5.74, 6) is 8.26. The zero-order chi connectivity index (χ0) is 26.5. The maximum atomic E-state index is 8.90. The van der Waals surface area contributed by atoms with Crippen molar-refractivity contribution in [1.82, 2.24) is 25.3 Å². The number of methoxy groups -OCH3 is 1. The minimum atomic E-state index is 0.0370. The summed E-state index contributed by atoms with van der Waals surface area (Å²) in [4.78, 5) is 17.5. The molecule has 0 spiro atoms. The summed E-state index contributed by atoms with van der Waals surface area (Å²) in [5.41, 5.74) is 3.27. The first kappa shape index (κ1) is 27.5. The molecular weight excluding hydrogens is 472 g/mol. The van der Waals surface area contributed by atoms with E-state index >= 15 is 0 Å². The molecule has 5 N–H and O–H groups in total. The summed E-state index contributed by atoms with van der Waals surface area (Å²) in [7, 11) is 3.31. The van der Waals surface area contributed by atoms with Gasteiger partial charge in [-0.1, -0.05) is 6.07 Å². The van der Waals surface area contributed by atoms with Gasteiger partial charge in [-0.25, -0.2) is 15.0 Å². The highest BCUT2D eigenvalue weighted by Crippen LogP contribution is 2.21. The molecule has 37 heavy (non-hydrogen) atoms. The molecule has 0 aliphatic carbocycles. The maximum Gasteiger partial charge on any atom is 0.227 e. The smallest absolute Gasteiger partial charge is 0.227 e. The number of benzene rings is 1. The van der Waals surface area contributed by atoms with Crippen molar-refractivity contribution in [1.29, 1.82) is 0 Å². The van der Waals surface area contributed by atoms with E-state index in [0.717, 1.165) is 34.7 Å². The lowest BCUT2D eigenvalue weighted by molar-refractivity contribution is 0.185. The third-order valence-electron chi connectivity index (χ3n) is 5.27. The van der Waals surface area contributed by atoms with Gasteiger partial charge in [0.15, 0.2) is 0 Å². The Morgan fingerprint density at radius 1 is 1.19 bits per heavy atom. The molecule has 11 heteroatoms. The maximum absolute atomic E-state index is 8.90. The molecule has 0 bridgehead atoms. The Balaban J connectivity index is 1.60. The fourth-order valence-electron chi connectivity index (χ4n) is 3.32. The van der Waals surface area contributed by atoms with Crippen molar-refractivity contribution in [3.05, 3.63) is 72.4 Å². The fourth-order valence-corrected chi connectivity index (χ4v) is 3.32. The van der Waals surface area contributed by atoms with Crippen molar-refractivity contribution in [2.45, 2.75) is 13.3 Å². The molecule has 0 radical (unpaired) electrons. The molecule has 196 valence electrons. The second-order valence-electron chi connectivity index (χ2n) is 8.04. The highest BCUT2D eigenvalue weighted by molar-refractivity contribution is 5.99. The van der Waals surface area contributed by atoms with Crippen LogP contribution in [-0.2, 0) is 0 Å². The first-order valence-corrected chi connectivity index (χ1v) is 11.9. The van der Waals surface area contributed by atoms with Crippen molar-refractivity contribution in [3.63, 3.8) is 0 Å². The normalized spacial score (nSPS) is 11.9. The molecule has 0 unspecified atom stereocenters. The lowest BCUT2D eigenvalue weighted by atomic mass is 10.2. The molecule has 1 aromatic carbocycles. The van der Waals surface area contributed by atoms with Gasteiger partial charge in [-0.05, 0) is 43.2 Å². The Morgan fingerprint density at radius 3 is 2.84 bits per heavy atom. The van der Waals surface area contributed by atoms with Crippen LogP contribution in [0.3, 0.4) is 0 Å². The number of anilines is 2. The zero-order valence-corrected chi connectivity index (χ0v) is 21.4. The van der Waals surface area contributed by atoms with E-state index in [9.17, 15) is 0 Å². The van der Waals surface area contributed by atoms with Crippen LogP contribution in [0.4, 0.5) is 11.6 Å². The van der Waals surface area contributed by atoms with E-state index in [2.05, 4.69) is 30.6 Å². The van der Waals surface area contributed by atoms with Crippen LogP contribution >= 0.6 is 0 Å². The van der Waals surface area contributed by atoms with Gasteiger partial charge in [-0.2, -0.15) is 0 Å². The summed E-state index contributed by atoms with van der Waals surface area (Å²) in [5, 5.41) is 16.9. The minimum Gasteiger partial charge on any atom is -0.495 e. The van der Waals surface area contributed by atoms with Gasteiger partial charge in [0.2, 0.25) is 5.95 Å². The van der Waals surface area contributed by atoms with E-state index < -0.39 is 0 Å². The number of nitrogens with one attached hydrogen (secondary N) is 2. The summed E-state index contributed by atoms with van der Waals surface area (Å²) < 4.78 is 11.1. The minimum absolute atomic E-state index is 0.0370. The summed E-state index contributed by atoms with van der Waals surface area (Å²) in [6, 6.07) is 11.3.